The van der Waals surface area contributed by atoms with Gasteiger partial charge in [0.2, 0.25) is 0 Å². The van der Waals surface area contributed by atoms with Gasteiger partial charge in [-0.1, -0.05) is 0 Å². The van der Waals surface area contributed by atoms with Crippen LogP contribution in [0.4, 0.5) is 11.4 Å². The summed E-state index contributed by atoms with van der Waals surface area (Å²) in [5.74, 6) is 0.560. The number of methoxy groups -OCH3 is 1. The van der Waals surface area contributed by atoms with Crippen molar-refractivity contribution in [2.24, 2.45) is 0 Å². The number of amides is 1. The molecule has 29 heavy (non-hydrogen) atoms. The smallest absolute Gasteiger partial charge is 0.270 e. The summed E-state index contributed by atoms with van der Waals surface area (Å²) in [4.78, 5) is 25.1. The number of rotatable bonds is 6. The molecule has 2 unspecified atom stereocenters. The molecule has 1 aliphatic heterocycles. The molecular formula is C21H25N3O5. The Kier molecular flexibility index (Phi) is 6.33. The first-order valence-electron chi connectivity index (χ1n) is 9.47. The summed E-state index contributed by atoms with van der Waals surface area (Å²) in [5, 5.41) is 14.2. The third kappa shape index (κ3) is 5.03. The highest BCUT2D eigenvalue weighted by atomic mass is 16.6. The van der Waals surface area contributed by atoms with Crippen LogP contribution < -0.4 is 10.1 Å². The van der Waals surface area contributed by atoms with Crippen molar-refractivity contribution >= 4 is 17.3 Å². The summed E-state index contributed by atoms with van der Waals surface area (Å²) >= 11 is 0. The Morgan fingerprint density at radius 2 is 1.86 bits per heavy atom. The summed E-state index contributed by atoms with van der Waals surface area (Å²) in [5.41, 5.74) is 2.11. The van der Waals surface area contributed by atoms with Crippen LogP contribution in [0.3, 0.4) is 0 Å². The number of carbonyl (C=O) groups excluding carboxylic acids is 1. The van der Waals surface area contributed by atoms with Crippen LogP contribution in [-0.4, -0.2) is 48.1 Å². The van der Waals surface area contributed by atoms with E-state index in [2.05, 4.69) is 5.32 Å². The van der Waals surface area contributed by atoms with E-state index in [1.54, 1.807) is 18.2 Å². The van der Waals surface area contributed by atoms with Crippen molar-refractivity contribution in [3.8, 4) is 5.75 Å². The van der Waals surface area contributed by atoms with E-state index < -0.39 is 4.92 Å². The van der Waals surface area contributed by atoms with Crippen molar-refractivity contribution in [2.45, 2.75) is 32.6 Å². The lowest BCUT2D eigenvalue weighted by molar-refractivity contribution is -0.384. The molecule has 0 bridgehead atoms. The Balaban J connectivity index is 1.66. The number of anilines is 1. The fourth-order valence-electron chi connectivity index (χ4n) is 3.47. The van der Waals surface area contributed by atoms with Crippen LogP contribution in [0.2, 0.25) is 0 Å². The number of ether oxygens (including phenoxy) is 2. The van der Waals surface area contributed by atoms with Crippen molar-refractivity contribution < 1.29 is 19.2 Å². The standard InChI is InChI=1S/C21H25N3O5/c1-14-12-23(13-15(2)29-14)21(25)16-4-6-18(7-5-16)22-11-17-10-19(24(26)27)8-9-20(17)28-3/h4-10,14-15,22H,11-13H2,1-3H3. The molecule has 3 rings (SSSR count). The number of nitro benzene ring substituents is 1. The van der Waals surface area contributed by atoms with Crippen LogP contribution in [0, 0.1) is 10.1 Å². The number of morpholine rings is 1. The summed E-state index contributed by atoms with van der Waals surface area (Å²) in [6.45, 7) is 5.44. The molecule has 154 valence electrons. The molecular weight excluding hydrogens is 374 g/mol. The van der Waals surface area contributed by atoms with Crippen LogP contribution in [0.5, 0.6) is 5.75 Å². The second kappa shape index (κ2) is 8.91. The Hall–Kier alpha value is -3.13. The molecule has 0 radical (unpaired) electrons. The van der Waals surface area contributed by atoms with Crippen LogP contribution in [0.15, 0.2) is 42.5 Å². The number of nitrogens with zero attached hydrogens (tertiary/aromatic N) is 2. The summed E-state index contributed by atoms with van der Waals surface area (Å²) in [7, 11) is 1.53. The van der Waals surface area contributed by atoms with E-state index >= 15 is 0 Å². The van der Waals surface area contributed by atoms with Crippen molar-refractivity contribution in [3.63, 3.8) is 0 Å². The SMILES string of the molecule is COc1ccc([N+](=O)[O-])cc1CNc1ccc(C(=O)N2CC(C)OC(C)C2)cc1. The molecule has 0 aliphatic carbocycles. The second-order valence-corrected chi connectivity index (χ2v) is 7.15. The second-order valence-electron chi connectivity index (χ2n) is 7.15. The number of nitro groups is 1. The predicted molar refractivity (Wildman–Crippen MR) is 109 cm³/mol. The molecule has 0 spiro atoms. The van der Waals surface area contributed by atoms with Gasteiger partial charge < -0.3 is 19.7 Å². The zero-order chi connectivity index (χ0) is 21.0. The van der Waals surface area contributed by atoms with Crippen molar-refractivity contribution in [1.29, 1.82) is 0 Å². The number of hydrogen-bond donors (Lipinski definition) is 1. The molecule has 8 nitrogen and oxygen atoms in total. The van der Waals surface area contributed by atoms with Gasteiger partial charge in [-0.2, -0.15) is 0 Å². The predicted octanol–water partition coefficient (Wildman–Crippen LogP) is 3.46. The molecule has 2 aromatic carbocycles. The molecule has 2 atom stereocenters. The van der Waals surface area contributed by atoms with Crippen molar-refractivity contribution in [1.82, 2.24) is 4.90 Å². The van der Waals surface area contributed by atoms with E-state index in [1.165, 1.54) is 19.2 Å². The molecule has 1 N–H and O–H groups in total. The minimum absolute atomic E-state index is 0.0116. The van der Waals surface area contributed by atoms with Crippen LogP contribution >= 0.6 is 0 Å². The summed E-state index contributed by atoms with van der Waals surface area (Å²) < 4.78 is 11.0. The topological polar surface area (TPSA) is 93.9 Å². The Morgan fingerprint density at radius 3 is 2.45 bits per heavy atom. The van der Waals surface area contributed by atoms with Gasteiger partial charge in [0.1, 0.15) is 5.75 Å². The Morgan fingerprint density at radius 1 is 1.21 bits per heavy atom. The molecule has 0 saturated carbocycles. The van der Waals surface area contributed by atoms with Gasteiger partial charge in [0.25, 0.3) is 11.6 Å². The minimum Gasteiger partial charge on any atom is -0.496 e. The van der Waals surface area contributed by atoms with Gasteiger partial charge in [0, 0.05) is 48.6 Å². The van der Waals surface area contributed by atoms with Crippen LogP contribution in [0.1, 0.15) is 29.8 Å². The van der Waals surface area contributed by atoms with Gasteiger partial charge in [0.05, 0.1) is 24.2 Å². The maximum Gasteiger partial charge on any atom is 0.270 e. The number of hydrogen-bond acceptors (Lipinski definition) is 6. The third-order valence-corrected chi connectivity index (χ3v) is 4.80. The molecule has 1 amide bonds. The highest BCUT2D eigenvalue weighted by molar-refractivity contribution is 5.94. The molecule has 1 saturated heterocycles. The molecule has 8 heteroatoms. The third-order valence-electron chi connectivity index (χ3n) is 4.80. The maximum atomic E-state index is 12.7. The highest BCUT2D eigenvalue weighted by Gasteiger charge is 2.26. The zero-order valence-corrected chi connectivity index (χ0v) is 16.8. The molecule has 1 fully saturated rings. The molecule has 1 aliphatic rings. The van der Waals surface area contributed by atoms with Gasteiger partial charge in [0.15, 0.2) is 0 Å². The van der Waals surface area contributed by atoms with Crippen molar-refractivity contribution in [3.05, 3.63) is 63.7 Å². The van der Waals surface area contributed by atoms with Gasteiger partial charge in [-0.15, -0.1) is 0 Å². The lowest BCUT2D eigenvalue weighted by Crippen LogP contribution is -2.48. The largest absolute Gasteiger partial charge is 0.496 e. The Bertz CT molecular complexity index is 874. The first kappa shape index (κ1) is 20.6. The summed E-state index contributed by atoms with van der Waals surface area (Å²) in [6.07, 6.45) is 0.0436. The lowest BCUT2D eigenvalue weighted by Gasteiger charge is -2.35. The number of benzene rings is 2. The van der Waals surface area contributed by atoms with Gasteiger partial charge in [-0.3, -0.25) is 14.9 Å². The quantitative estimate of drug-likeness (QED) is 0.591. The molecule has 1 heterocycles. The minimum atomic E-state index is -0.434. The number of nitrogens with one attached hydrogen (secondary N) is 1. The maximum absolute atomic E-state index is 12.7. The van der Waals surface area contributed by atoms with E-state index in [0.717, 1.165) is 5.69 Å². The first-order valence-corrected chi connectivity index (χ1v) is 9.47. The van der Waals surface area contributed by atoms with E-state index in [0.29, 0.717) is 36.5 Å². The van der Waals surface area contributed by atoms with E-state index in [-0.39, 0.29) is 23.8 Å². The lowest BCUT2D eigenvalue weighted by atomic mass is 10.1. The van der Waals surface area contributed by atoms with Crippen molar-refractivity contribution in [2.75, 3.05) is 25.5 Å². The zero-order valence-electron chi connectivity index (χ0n) is 16.8. The fraction of sp³-hybridized carbons (Fsp3) is 0.381. The van der Waals surface area contributed by atoms with Gasteiger partial charge >= 0.3 is 0 Å². The average molecular weight is 399 g/mol. The fourth-order valence-corrected chi connectivity index (χ4v) is 3.47. The van der Waals surface area contributed by atoms with Crippen LogP contribution in [-0.2, 0) is 11.3 Å². The first-order chi connectivity index (χ1) is 13.9. The van der Waals surface area contributed by atoms with E-state index in [1.807, 2.05) is 30.9 Å². The number of non-ortho nitro benzene ring substituents is 1. The number of carbonyl (C=O) groups is 1. The van der Waals surface area contributed by atoms with Gasteiger partial charge in [-0.25, -0.2) is 0 Å². The molecule has 0 aromatic heterocycles. The average Bonchev–Trinajstić information content (AvgIpc) is 2.71. The Labute approximate surface area is 169 Å². The van der Waals surface area contributed by atoms with E-state index in [9.17, 15) is 14.9 Å². The normalized spacial score (nSPS) is 18.9. The monoisotopic (exact) mass is 399 g/mol. The highest BCUT2D eigenvalue weighted by Crippen LogP contribution is 2.25. The van der Waals surface area contributed by atoms with E-state index in [4.69, 9.17) is 9.47 Å². The molecule has 2 aromatic rings. The summed E-state index contributed by atoms with van der Waals surface area (Å²) in [6, 6.07) is 11.7. The van der Waals surface area contributed by atoms with Crippen LogP contribution in [0.25, 0.3) is 0 Å². The van der Waals surface area contributed by atoms with Gasteiger partial charge in [-0.05, 0) is 44.2 Å².